The van der Waals surface area contributed by atoms with Gasteiger partial charge in [-0.05, 0) is 67.1 Å². The molecule has 1 N–H and O–H groups in total. The fourth-order valence-corrected chi connectivity index (χ4v) is 4.57. The summed E-state index contributed by atoms with van der Waals surface area (Å²) in [5.41, 5.74) is 3.97. The third-order valence-electron chi connectivity index (χ3n) is 6.29. The van der Waals surface area contributed by atoms with Crippen molar-refractivity contribution in [1.29, 1.82) is 0 Å². The highest BCUT2D eigenvalue weighted by Crippen LogP contribution is 2.29. The van der Waals surface area contributed by atoms with E-state index in [0.717, 1.165) is 65.0 Å². The predicted octanol–water partition coefficient (Wildman–Crippen LogP) is 5.84. The van der Waals surface area contributed by atoms with Gasteiger partial charge in [-0.2, -0.15) is 0 Å². The van der Waals surface area contributed by atoms with Crippen LogP contribution in [0.2, 0.25) is 0 Å². The van der Waals surface area contributed by atoms with Gasteiger partial charge in [0, 0.05) is 16.8 Å². The molecule has 1 aliphatic carbocycles. The van der Waals surface area contributed by atoms with Gasteiger partial charge in [0.25, 0.3) is 5.91 Å². The number of nitrogens with zero attached hydrogens (tertiary/aromatic N) is 1. The largest absolute Gasteiger partial charge is 0.449 e. The Morgan fingerprint density at radius 1 is 0.909 bits per heavy atom. The molecule has 0 fully saturated rings. The Balaban J connectivity index is 1.39. The van der Waals surface area contributed by atoms with Crippen molar-refractivity contribution in [2.45, 2.75) is 45.1 Å². The summed E-state index contributed by atoms with van der Waals surface area (Å²) in [6.07, 6.45) is 3.93. The van der Waals surface area contributed by atoms with Crippen LogP contribution in [0.25, 0.3) is 21.7 Å². The van der Waals surface area contributed by atoms with Crippen LogP contribution in [0.3, 0.4) is 0 Å². The lowest BCUT2D eigenvalue weighted by Crippen LogP contribution is -2.30. The van der Waals surface area contributed by atoms with Crippen molar-refractivity contribution in [3.63, 3.8) is 0 Å². The summed E-state index contributed by atoms with van der Waals surface area (Å²) < 4.78 is 5.69. The Hall–Kier alpha value is -3.73. The number of benzene rings is 3. The predicted molar refractivity (Wildman–Crippen MR) is 130 cm³/mol. The molecule has 4 aromatic rings. The van der Waals surface area contributed by atoms with Gasteiger partial charge in [0.05, 0.1) is 11.1 Å². The van der Waals surface area contributed by atoms with E-state index in [-0.39, 0.29) is 5.91 Å². The molecule has 1 aromatic heterocycles. The molecular formula is C28H26N2O3. The van der Waals surface area contributed by atoms with Crippen LogP contribution in [0.5, 0.6) is 0 Å². The highest BCUT2D eigenvalue weighted by atomic mass is 16.5. The second kappa shape index (κ2) is 9.02. The summed E-state index contributed by atoms with van der Waals surface area (Å²) in [4.78, 5) is 31.0. The van der Waals surface area contributed by atoms with Gasteiger partial charge in [-0.25, -0.2) is 4.79 Å². The molecule has 0 aliphatic heterocycles. The Bertz CT molecular complexity index is 1360. The van der Waals surface area contributed by atoms with E-state index in [4.69, 9.17) is 9.72 Å². The average Bonchev–Trinajstić information content (AvgIpc) is 3.07. The van der Waals surface area contributed by atoms with Crippen LogP contribution in [-0.4, -0.2) is 23.0 Å². The number of carbonyl (C=O) groups excluding carboxylic acids is 2. The summed E-state index contributed by atoms with van der Waals surface area (Å²) in [5, 5.41) is 5.78. The molecule has 5 nitrogen and oxygen atoms in total. The van der Waals surface area contributed by atoms with E-state index in [1.807, 2.05) is 66.7 Å². The van der Waals surface area contributed by atoms with E-state index in [1.54, 1.807) is 6.92 Å². The van der Waals surface area contributed by atoms with E-state index in [9.17, 15) is 9.59 Å². The Morgan fingerprint density at radius 3 is 2.55 bits per heavy atom. The number of hydrogen-bond donors (Lipinski definition) is 1. The standard InChI is InChI=1S/C28H26N2O3/c1-18(27(31)29-21-16-15-19-9-5-6-10-20(19)17-21)33-28(32)26-22-11-3-2-4-13-24(22)30-25-14-8-7-12-23(25)26/h5-10,12,14-18H,2-4,11,13H2,1H3,(H,29,31)/t18-/m0/s1. The van der Waals surface area contributed by atoms with E-state index < -0.39 is 12.1 Å². The van der Waals surface area contributed by atoms with Crippen molar-refractivity contribution in [3.8, 4) is 0 Å². The number of carbonyl (C=O) groups is 2. The minimum atomic E-state index is -0.933. The van der Waals surface area contributed by atoms with Gasteiger partial charge in [0.1, 0.15) is 0 Å². The van der Waals surface area contributed by atoms with Crippen molar-refractivity contribution < 1.29 is 14.3 Å². The SMILES string of the molecule is C[C@H](OC(=O)c1c2c(nc3ccccc13)CCCCC2)C(=O)Nc1ccc2ccccc2c1. The van der Waals surface area contributed by atoms with Gasteiger partial charge < -0.3 is 10.1 Å². The second-order valence-electron chi connectivity index (χ2n) is 8.59. The maximum Gasteiger partial charge on any atom is 0.339 e. The van der Waals surface area contributed by atoms with Gasteiger partial charge in [-0.15, -0.1) is 0 Å². The molecule has 1 atom stereocenters. The molecule has 3 aromatic carbocycles. The zero-order valence-electron chi connectivity index (χ0n) is 18.6. The van der Waals surface area contributed by atoms with Gasteiger partial charge in [0.2, 0.25) is 0 Å². The lowest BCUT2D eigenvalue weighted by Gasteiger charge is -2.18. The molecule has 0 bridgehead atoms. The van der Waals surface area contributed by atoms with Crippen LogP contribution in [0.15, 0.2) is 66.7 Å². The van der Waals surface area contributed by atoms with Crippen LogP contribution >= 0.6 is 0 Å². The first kappa shape index (κ1) is 21.1. The number of fused-ring (bicyclic) bond motifs is 3. The first-order valence-corrected chi connectivity index (χ1v) is 11.5. The number of aromatic nitrogens is 1. The molecule has 1 aliphatic rings. The topological polar surface area (TPSA) is 68.3 Å². The monoisotopic (exact) mass is 438 g/mol. The van der Waals surface area contributed by atoms with E-state index in [0.29, 0.717) is 11.3 Å². The molecular weight excluding hydrogens is 412 g/mol. The minimum absolute atomic E-state index is 0.358. The van der Waals surface area contributed by atoms with Crippen molar-refractivity contribution in [2.24, 2.45) is 0 Å². The lowest BCUT2D eigenvalue weighted by atomic mass is 9.97. The maximum absolute atomic E-state index is 13.4. The van der Waals surface area contributed by atoms with E-state index in [2.05, 4.69) is 5.32 Å². The van der Waals surface area contributed by atoms with Gasteiger partial charge in [-0.3, -0.25) is 9.78 Å². The molecule has 1 amide bonds. The highest BCUT2D eigenvalue weighted by molar-refractivity contribution is 6.06. The number of amides is 1. The molecule has 0 spiro atoms. The Labute approximate surface area is 192 Å². The van der Waals surface area contributed by atoms with E-state index >= 15 is 0 Å². The summed E-state index contributed by atoms with van der Waals surface area (Å²) in [7, 11) is 0. The molecule has 33 heavy (non-hydrogen) atoms. The smallest absolute Gasteiger partial charge is 0.339 e. The van der Waals surface area contributed by atoms with Gasteiger partial charge in [0.15, 0.2) is 6.10 Å². The number of esters is 1. The number of anilines is 1. The molecule has 0 saturated carbocycles. The molecule has 0 unspecified atom stereocenters. The zero-order valence-corrected chi connectivity index (χ0v) is 18.6. The third-order valence-corrected chi connectivity index (χ3v) is 6.29. The molecule has 0 saturated heterocycles. The minimum Gasteiger partial charge on any atom is -0.449 e. The number of ether oxygens (including phenoxy) is 1. The van der Waals surface area contributed by atoms with Crippen molar-refractivity contribution >= 4 is 39.2 Å². The fourth-order valence-electron chi connectivity index (χ4n) is 4.57. The van der Waals surface area contributed by atoms with Crippen LogP contribution in [0.1, 0.15) is 47.8 Å². The van der Waals surface area contributed by atoms with Gasteiger partial charge in [-0.1, -0.05) is 55.0 Å². The number of hydrogen-bond acceptors (Lipinski definition) is 4. The summed E-state index contributed by atoms with van der Waals surface area (Å²) in [5.74, 6) is -0.823. The van der Waals surface area contributed by atoms with Crippen LogP contribution < -0.4 is 5.32 Å². The number of nitrogens with one attached hydrogen (secondary N) is 1. The van der Waals surface area contributed by atoms with E-state index in [1.165, 1.54) is 0 Å². The van der Waals surface area contributed by atoms with Crippen molar-refractivity contribution in [1.82, 2.24) is 4.98 Å². The van der Waals surface area contributed by atoms with Crippen LogP contribution in [0, 0.1) is 0 Å². The number of rotatable bonds is 4. The zero-order chi connectivity index (χ0) is 22.8. The van der Waals surface area contributed by atoms with Crippen LogP contribution in [0.4, 0.5) is 5.69 Å². The summed E-state index contributed by atoms with van der Waals surface area (Å²) >= 11 is 0. The maximum atomic E-state index is 13.4. The van der Waals surface area contributed by atoms with Crippen molar-refractivity contribution in [2.75, 3.05) is 5.32 Å². The Morgan fingerprint density at radius 2 is 1.67 bits per heavy atom. The highest BCUT2D eigenvalue weighted by Gasteiger charge is 2.26. The normalized spacial score (nSPS) is 14.3. The quantitative estimate of drug-likeness (QED) is 0.321. The molecule has 5 heteroatoms. The van der Waals surface area contributed by atoms with Crippen molar-refractivity contribution in [3.05, 3.63) is 83.6 Å². The molecule has 0 radical (unpaired) electrons. The number of aryl methyl sites for hydroxylation is 1. The molecule has 1 heterocycles. The lowest BCUT2D eigenvalue weighted by molar-refractivity contribution is -0.123. The number of para-hydroxylation sites is 1. The fraction of sp³-hybridized carbons (Fsp3) is 0.250. The van der Waals surface area contributed by atoms with Gasteiger partial charge >= 0.3 is 5.97 Å². The molecule has 5 rings (SSSR count). The first-order valence-electron chi connectivity index (χ1n) is 11.5. The first-order chi connectivity index (χ1) is 16.1. The second-order valence-corrected chi connectivity index (χ2v) is 8.59. The average molecular weight is 439 g/mol. The summed E-state index contributed by atoms with van der Waals surface area (Å²) in [6, 6.07) is 21.3. The Kier molecular flexibility index (Phi) is 5.78. The van der Waals surface area contributed by atoms with Crippen LogP contribution in [-0.2, 0) is 22.4 Å². The summed E-state index contributed by atoms with van der Waals surface area (Å²) in [6.45, 7) is 1.61. The molecule has 166 valence electrons. The number of pyridine rings is 1. The third kappa shape index (κ3) is 4.31.